The van der Waals surface area contributed by atoms with Crippen LogP contribution < -0.4 is 0 Å². The third kappa shape index (κ3) is 18.0. The summed E-state index contributed by atoms with van der Waals surface area (Å²) in [4.78, 5) is 0. The average molecular weight is 148 g/mol. The smallest absolute Gasteiger partial charge is 0.197 e. The Hall–Kier alpha value is 0.0200. The Balaban J connectivity index is 0. The summed E-state index contributed by atoms with van der Waals surface area (Å²) in [5, 5.41) is 0. The summed E-state index contributed by atoms with van der Waals surface area (Å²) in [7, 11) is 0. The first-order valence-electron chi connectivity index (χ1n) is 3.44. The first-order chi connectivity index (χ1) is 4.27. The van der Waals surface area contributed by atoms with Crippen LogP contribution in [-0.4, -0.2) is 4.21 Å². The molecule has 0 aromatic carbocycles. The largest absolute Gasteiger partial charge is 0.197 e. The van der Waals surface area contributed by atoms with Crippen LogP contribution in [0.1, 0.15) is 40.0 Å². The summed E-state index contributed by atoms with van der Waals surface area (Å²) in [5.41, 5.74) is 0. The second kappa shape index (κ2) is 10.9. The highest BCUT2D eigenvalue weighted by Gasteiger charge is 1.88. The maximum atomic E-state index is 7.83. The van der Waals surface area contributed by atoms with Crippen LogP contribution in [-0.2, 0) is 12.5 Å². The van der Waals surface area contributed by atoms with Crippen LogP contribution in [0.3, 0.4) is 0 Å². The zero-order valence-corrected chi connectivity index (χ0v) is 7.33. The molecule has 56 valence electrons. The van der Waals surface area contributed by atoms with E-state index in [9.17, 15) is 0 Å². The van der Waals surface area contributed by atoms with Crippen molar-refractivity contribution in [2.45, 2.75) is 40.0 Å². The lowest BCUT2D eigenvalue weighted by atomic mass is 10.1. The van der Waals surface area contributed by atoms with E-state index in [1.807, 2.05) is 0 Å². The minimum atomic E-state index is 0.903. The quantitative estimate of drug-likeness (QED) is 0.611. The number of hydrogen-bond acceptors (Lipinski definition) is 2. The fraction of sp³-hybridized carbons (Fsp3) is 1.00. The fourth-order valence-electron chi connectivity index (χ4n) is 0.612. The van der Waals surface area contributed by atoms with Crippen LogP contribution in [0.15, 0.2) is 0 Å². The molecule has 0 N–H and O–H groups in total. The van der Waals surface area contributed by atoms with E-state index in [2.05, 4.69) is 33.3 Å². The Bertz CT molecular complexity index is 46.2. The molecule has 0 spiro atoms. The van der Waals surface area contributed by atoms with Gasteiger partial charge in [-0.25, -0.2) is 0 Å². The maximum absolute atomic E-state index is 7.83. The Kier molecular flexibility index (Phi) is 14.3. The monoisotopic (exact) mass is 148 g/mol. The molecule has 0 amide bonds. The van der Waals surface area contributed by atoms with Crippen molar-refractivity contribution in [1.82, 2.24) is 0 Å². The van der Waals surface area contributed by atoms with Crippen LogP contribution in [0.25, 0.3) is 0 Å². The van der Waals surface area contributed by atoms with E-state index in [0.717, 1.165) is 5.92 Å². The lowest BCUT2D eigenvalue weighted by Crippen LogP contribution is -1.83. The molecule has 0 aliphatic rings. The molecule has 0 aromatic heterocycles. The molecule has 0 aliphatic heterocycles. The first kappa shape index (κ1) is 11.8. The molecule has 0 bridgehead atoms. The van der Waals surface area contributed by atoms with Crippen molar-refractivity contribution in [1.29, 1.82) is 0 Å². The van der Waals surface area contributed by atoms with Crippen LogP contribution in [0.4, 0.5) is 0 Å². The molecule has 0 atom stereocenters. The predicted molar refractivity (Wildman–Crippen MR) is 42.5 cm³/mol. The molecule has 0 radical (unpaired) electrons. The summed E-state index contributed by atoms with van der Waals surface area (Å²) in [6.07, 6.45) is 4.15. The van der Waals surface area contributed by atoms with Gasteiger partial charge in [0.05, 0.1) is 0 Å². The molecule has 9 heavy (non-hydrogen) atoms. The summed E-state index contributed by atoms with van der Waals surface area (Å²) in [5.74, 6) is 0.903. The second-order valence-electron chi connectivity index (χ2n) is 2.54. The van der Waals surface area contributed by atoms with Crippen molar-refractivity contribution < 1.29 is 4.21 Å². The van der Waals surface area contributed by atoms with E-state index in [1.165, 1.54) is 19.3 Å². The highest BCUT2D eigenvalue weighted by molar-refractivity contribution is 7.44. The normalized spacial score (nSPS) is 8.44. The SMILES string of the molecule is CCCCC(C)C.O=S. The topological polar surface area (TPSA) is 17.1 Å². The number of unbranched alkanes of at least 4 members (excludes halogenated alkanes) is 1. The second-order valence-corrected chi connectivity index (χ2v) is 2.54. The van der Waals surface area contributed by atoms with Crippen molar-refractivity contribution in [3.05, 3.63) is 0 Å². The highest BCUT2D eigenvalue weighted by atomic mass is 32.1. The van der Waals surface area contributed by atoms with Gasteiger partial charge >= 0.3 is 0 Å². The molecule has 1 nitrogen and oxygen atoms in total. The van der Waals surface area contributed by atoms with Gasteiger partial charge < -0.3 is 0 Å². The van der Waals surface area contributed by atoms with Crippen molar-refractivity contribution in [2.24, 2.45) is 5.92 Å². The van der Waals surface area contributed by atoms with Crippen molar-refractivity contribution in [2.75, 3.05) is 0 Å². The van der Waals surface area contributed by atoms with E-state index in [0.29, 0.717) is 0 Å². The van der Waals surface area contributed by atoms with Crippen molar-refractivity contribution in [3.63, 3.8) is 0 Å². The van der Waals surface area contributed by atoms with Crippen LogP contribution >= 0.6 is 0 Å². The van der Waals surface area contributed by atoms with Gasteiger partial charge in [0.1, 0.15) is 0 Å². The number of rotatable bonds is 3. The van der Waals surface area contributed by atoms with E-state index in [1.54, 1.807) is 0 Å². The molecule has 2 heteroatoms. The van der Waals surface area contributed by atoms with Gasteiger partial charge in [-0.15, -0.1) is 0 Å². The van der Waals surface area contributed by atoms with E-state index in [-0.39, 0.29) is 0 Å². The lowest BCUT2D eigenvalue weighted by molar-refractivity contribution is 0.550. The minimum Gasteiger partial charge on any atom is -0.197 e. The van der Waals surface area contributed by atoms with Crippen molar-refractivity contribution in [3.8, 4) is 0 Å². The third-order valence-corrected chi connectivity index (χ3v) is 1.14. The van der Waals surface area contributed by atoms with E-state index in [4.69, 9.17) is 4.21 Å². The lowest BCUT2D eigenvalue weighted by Gasteiger charge is -1.98. The standard InChI is InChI=1S/C7H16.OS/c1-4-5-6-7(2)3;1-2/h7H,4-6H2,1-3H3;. The molecular weight excluding hydrogens is 132 g/mol. The molecular formula is C7H16OS. The van der Waals surface area contributed by atoms with Gasteiger partial charge in [0, 0.05) is 0 Å². The average Bonchev–Trinajstić information content (AvgIpc) is 1.88. The summed E-state index contributed by atoms with van der Waals surface area (Å²) in [6, 6.07) is 0. The van der Waals surface area contributed by atoms with Crippen LogP contribution in [0.5, 0.6) is 0 Å². The Morgan fingerprint density at radius 1 is 1.33 bits per heavy atom. The third-order valence-electron chi connectivity index (χ3n) is 1.14. The van der Waals surface area contributed by atoms with Gasteiger partial charge in [-0.05, 0) is 5.92 Å². The highest BCUT2D eigenvalue weighted by Crippen LogP contribution is 2.04. The van der Waals surface area contributed by atoms with Crippen LogP contribution in [0, 0.1) is 5.92 Å². The molecule has 0 rings (SSSR count). The number of hydrogen-bond donors (Lipinski definition) is 0. The van der Waals surface area contributed by atoms with Gasteiger partial charge in [-0.2, -0.15) is 4.21 Å². The molecule has 0 unspecified atom stereocenters. The molecule has 0 fully saturated rings. The minimum absolute atomic E-state index is 0.903. The van der Waals surface area contributed by atoms with Gasteiger partial charge in [-0.1, -0.05) is 40.0 Å². The van der Waals surface area contributed by atoms with E-state index >= 15 is 0 Å². The molecule has 0 saturated heterocycles. The zero-order chi connectivity index (χ0) is 7.70. The van der Waals surface area contributed by atoms with E-state index < -0.39 is 0 Å². The van der Waals surface area contributed by atoms with Gasteiger partial charge in [0.15, 0.2) is 12.5 Å². The first-order valence-corrected chi connectivity index (χ1v) is 3.77. The van der Waals surface area contributed by atoms with Gasteiger partial charge in [0.2, 0.25) is 0 Å². The van der Waals surface area contributed by atoms with Gasteiger partial charge in [0.25, 0.3) is 0 Å². The summed E-state index contributed by atoms with van der Waals surface area (Å²) >= 11 is 2.83. The Morgan fingerprint density at radius 2 is 1.78 bits per heavy atom. The molecule has 0 saturated carbocycles. The van der Waals surface area contributed by atoms with Crippen LogP contribution in [0.2, 0.25) is 0 Å². The molecule has 0 aliphatic carbocycles. The fourth-order valence-corrected chi connectivity index (χ4v) is 0.612. The maximum Gasteiger partial charge on any atom is 0.197 e. The zero-order valence-electron chi connectivity index (χ0n) is 6.52. The predicted octanol–water partition coefficient (Wildman–Crippen LogP) is 2.50. The Labute approximate surface area is 63.4 Å². The summed E-state index contributed by atoms with van der Waals surface area (Å²) in [6.45, 7) is 6.79. The Morgan fingerprint density at radius 3 is 1.89 bits per heavy atom. The van der Waals surface area contributed by atoms with Gasteiger partial charge in [-0.3, -0.25) is 0 Å². The molecule has 0 aromatic rings. The summed E-state index contributed by atoms with van der Waals surface area (Å²) < 4.78 is 7.83. The molecule has 0 heterocycles. The van der Waals surface area contributed by atoms with Crippen molar-refractivity contribution >= 4 is 12.5 Å².